The van der Waals surface area contributed by atoms with E-state index in [0.717, 1.165) is 18.3 Å². The van der Waals surface area contributed by atoms with Crippen molar-refractivity contribution in [1.82, 2.24) is 15.3 Å². The van der Waals surface area contributed by atoms with Crippen molar-refractivity contribution >= 4 is 17.5 Å². The van der Waals surface area contributed by atoms with Crippen molar-refractivity contribution in [2.75, 3.05) is 18.4 Å². The number of nitrogens with one attached hydrogen (secondary N) is 2. The van der Waals surface area contributed by atoms with Crippen molar-refractivity contribution in [2.45, 2.75) is 24.9 Å². The first-order valence-electron chi connectivity index (χ1n) is 9.07. The maximum atomic E-state index is 13.6. The average molecular weight is 444 g/mol. The number of fused-ring (bicyclic) bond motifs is 1. The summed E-state index contributed by atoms with van der Waals surface area (Å²) >= 11 is 0. The molecule has 0 bridgehead atoms. The van der Waals surface area contributed by atoms with Gasteiger partial charge in [0.15, 0.2) is 0 Å². The molecule has 2 aromatic heterocycles. The van der Waals surface area contributed by atoms with Crippen molar-refractivity contribution < 1.29 is 35.9 Å². The Morgan fingerprint density at radius 2 is 1.84 bits per heavy atom. The van der Waals surface area contributed by atoms with Gasteiger partial charge in [-0.05, 0) is 36.7 Å². The molecule has 0 aromatic carbocycles. The van der Waals surface area contributed by atoms with Crippen LogP contribution in [0.4, 0.5) is 37.0 Å². The summed E-state index contributed by atoms with van der Waals surface area (Å²) in [4.78, 5) is 19.5. The minimum absolute atomic E-state index is 0.0150. The Bertz CT molecular complexity index is 1060. The van der Waals surface area contributed by atoms with Gasteiger partial charge in [-0.1, -0.05) is 6.08 Å². The quantitative estimate of drug-likeness (QED) is 0.657. The van der Waals surface area contributed by atoms with E-state index in [1.807, 2.05) is 0 Å². The number of rotatable bonds is 2. The normalized spacial score (nSPS) is 19.2. The van der Waals surface area contributed by atoms with Gasteiger partial charge in [-0.2, -0.15) is 26.3 Å². The Morgan fingerprint density at radius 3 is 2.48 bits per heavy atom. The van der Waals surface area contributed by atoms with Gasteiger partial charge in [0, 0.05) is 18.3 Å². The molecule has 0 saturated carbocycles. The Balaban J connectivity index is 1.94. The van der Waals surface area contributed by atoms with Gasteiger partial charge in [0.1, 0.15) is 5.82 Å². The number of hydrogen-bond acceptors (Lipinski definition) is 5. The van der Waals surface area contributed by atoms with E-state index in [9.17, 15) is 31.1 Å². The number of carbonyl (C=O) groups excluding carboxylic acids is 1. The molecule has 2 aliphatic rings. The minimum Gasteiger partial charge on any atom is -0.431 e. The average Bonchev–Trinajstić information content (AvgIpc) is 2.71. The van der Waals surface area contributed by atoms with Crippen LogP contribution in [0, 0.1) is 0 Å². The van der Waals surface area contributed by atoms with Crippen molar-refractivity contribution in [2.24, 2.45) is 0 Å². The topological polar surface area (TPSA) is 76.1 Å². The van der Waals surface area contributed by atoms with Gasteiger partial charge in [-0.15, -0.1) is 0 Å². The Hall–Kier alpha value is -3.15. The van der Waals surface area contributed by atoms with Crippen LogP contribution < -0.4 is 10.6 Å². The molecule has 0 radical (unpaired) electrons. The first kappa shape index (κ1) is 21.1. The molecule has 164 valence electrons. The van der Waals surface area contributed by atoms with E-state index in [0.29, 0.717) is 31.1 Å². The number of pyridine rings is 2. The summed E-state index contributed by atoms with van der Waals surface area (Å²) < 4.78 is 85.8. The number of nitrogens with zero attached hydrogens (tertiary/aromatic N) is 2. The van der Waals surface area contributed by atoms with Crippen LogP contribution in [-0.4, -0.2) is 35.3 Å². The molecule has 0 spiro atoms. The predicted molar refractivity (Wildman–Crippen MR) is 96.8 cm³/mol. The summed E-state index contributed by atoms with van der Waals surface area (Å²) in [6.45, 7) is 0.961. The maximum absolute atomic E-state index is 13.6. The van der Waals surface area contributed by atoms with Crippen molar-refractivity contribution in [1.29, 1.82) is 0 Å². The van der Waals surface area contributed by atoms with Gasteiger partial charge >= 0.3 is 18.4 Å². The zero-order chi connectivity index (χ0) is 22.4. The monoisotopic (exact) mass is 444 g/mol. The molecule has 4 heterocycles. The SMILES string of the molecule is O=C1Nc2nccc(-c3cc(C(F)(F)F)cc(C4=CCNCC4)n3)c2C(C(F)(F)F)O1. The van der Waals surface area contributed by atoms with Crippen molar-refractivity contribution in [3.8, 4) is 11.3 Å². The molecular formula is C19H14F6N4O2. The third-order valence-corrected chi connectivity index (χ3v) is 4.82. The fourth-order valence-corrected chi connectivity index (χ4v) is 3.44. The summed E-state index contributed by atoms with van der Waals surface area (Å²) in [5.41, 5.74) is -1.70. The molecule has 0 saturated heterocycles. The molecule has 2 aliphatic heterocycles. The lowest BCUT2D eigenvalue weighted by molar-refractivity contribution is -0.206. The number of alkyl halides is 6. The minimum atomic E-state index is -5.01. The fourth-order valence-electron chi connectivity index (χ4n) is 3.44. The van der Waals surface area contributed by atoms with Gasteiger partial charge < -0.3 is 10.1 Å². The lowest BCUT2D eigenvalue weighted by Gasteiger charge is -2.29. The second-order valence-electron chi connectivity index (χ2n) is 6.88. The standard InChI is InChI=1S/C19H14F6N4O2/c20-18(21,22)10-7-12(9-1-4-26-5-2-9)28-13(8-10)11-3-6-27-16-14(11)15(19(23,24)25)31-17(30)29-16/h1,3,6-8,15,26H,2,4-5H2,(H,27,29,30). The second-order valence-corrected chi connectivity index (χ2v) is 6.88. The van der Waals surface area contributed by atoms with E-state index >= 15 is 0 Å². The zero-order valence-corrected chi connectivity index (χ0v) is 15.6. The van der Waals surface area contributed by atoms with Crippen LogP contribution in [0.3, 0.4) is 0 Å². The molecule has 1 atom stereocenters. The van der Waals surface area contributed by atoms with E-state index in [1.165, 1.54) is 0 Å². The molecule has 31 heavy (non-hydrogen) atoms. The number of ether oxygens (including phenoxy) is 1. The highest BCUT2D eigenvalue weighted by Gasteiger charge is 2.49. The number of hydrogen-bond donors (Lipinski definition) is 2. The largest absolute Gasteiger partial charge is 0.431 e. The highest BCUT2D eigenvalue weighted by molar-refractivity contribution is 5.89. The molecule has 0 aliphatic carbocycles. The van der Waals surface area contributed by atoms with Crippen LogP contribution >= 0.6 is 0 Å². The number of cyclic esters (lactones) is 1. The first-order valence-corrected chi connectivity index (χ1v) is 9.07. The molecule has 4 rings (SSSR count). The van der Waals surface area contributed by atoms with Crippen LogP contribution in [0.15, 0.2) is 30.5 Å². The van der Waals surface area contributed by atoms with E-state index in [-0.39, 0.29) is 17.0 Å². The summed E-state index contributed by atoms with van der Waals surface area (Å²) in [6, 6.07) is 2.65. The summed E-state index contributed by atoms with van der Waals surface area (Å²) in [5, 5.41) is 5.08. The van der Waals surface area contributed by atoms with Gasteiger partial charge in [0.25, 0.3) is 0 Å². The summed E-state index contributed by atoms with van der Waals surface area (Å²) in [5.74, 6) is -0.446. The van der Waals surface area contributed by atoms with Gasteiger partial charge in [-0.25, -0.2) is 14.8 Å². The number of anilines is 1. The molecule has 12 heteroatoms. The van der Waals surface area contributed by atoms with Crippen LogP contribution in [0.25, 0.3) is 16.8 Å². The lowest BCUT2D eigenvalue weighted by atomic mass is 9.96. The van der Waals surface area contributed by atoms with Crippen LogP contribution in [0.2, 0.25) is 0 Å². The van der Waals surface area contributed by atoms with Gasteiger partial charge in [0.05, 0.1) is 22.5 Å². The van der Waals surface area contributed by atoms with Gasteiger partial charge in [0.2, 0.25) is 6.10 Å². The van der Waals surface area contributed by atoms with Crippen molar-refractivity contribution in [3.05, 3.63) is 47.3 Å². The fraction of sp³-hybridized carbons (Fsp3) is 0.316. The van der Waals surface area contributed by atoms with E-state index in [4.69, 9.17) is 0 Å². The Labute approximate surface area is 171 Å². The third-order valence-electron chi connectivity index (χ3n) is 4.82. The van der Waals surface area contributed by atoms with E-state index in [2.05, 4.69) is 25.3 Å². The van der Waals surface area contributed by atoms with Crippen LogP contribution in [0.5, 0.6) is 0 Å². The summed E-state index contributed by atoms with van der Waals surface area (Å²) in [6.07, 6.45) is -10.6. The molecule has 6 nitrogen and oxygen atoms in total. The lowest BCUT2D eigenvalue weighted by Crippen LogP contribution is -2.34. The molecular weight excluding hydrogens is 430 g/mol. The van der Waals surface area contributed by atoms with E-state index < -0.39 is 41.5 Å². The zero-order valence-electron chi connectivity index (χ0n) is 15.6. The van der Waals surface area contributed by atoms with Crippen LogP contribution in [-0.2, 0) is 10.9 Å². The van der Waals surface area contributed by atoms with Gasteiger partial charge in [-0.3, -0.25) is 5.32 Å². The second kappa shape index (κ2) is 7.52. The molecule has 0 fully saturated rings. The number of aromatic nitrogens is 2. The number of amides is 1. The molecule has 1 amide bonds. The van der Waals surface area contributed by atoms with Crippen LogP contribution in [0.1, 0.15) is 29.3 Å². The first-order chi connectivity index (χ1) is 14.5. The third kappa shape index (κ3) is 4.20. The Kier molecular flexibility index (Phi) is 5.12. The van der Waals surface area contributed by atoms with E-state index in [1.54, 1.807) is 6.08 Å². The number of halogens is 6. The molecule has 2 N–H and O–H groups in total. The highest BCUT2D eigenvalue weighted by atomic mass is 19.4. The smallest absolute Gasteiger partial charge is 0.430 e. The van der Waals surface area contributed by atoms with Crippen molar-refractivity contribution in [3.63, 3.8) is 0 Å². The molecule has 1 unspecified atom stereocenters. The highest BCUT2D eigenvalue weighted by Crippen LogP contribution is 2.46. The Morgan fingerprint density at radius 1 is 1.10 bits per heavy atom. The number of carbonyl (C=O) groups is 1. The molecule has 2 aromatic rings. The maximum Gasteiger partial charge on any atom is 0.430 e. The summed E-state index contributed by atoms with van der Waals surface area (Å²) in [7, 11) is 0. The predicted octanol–water partition coefficient (Wildman–Crippen LogP) is 4.70.